The average Bonchev–Trinajstić information content (AvgIpc) is 3.44. The van der Waals surface area contributed by atoms with E-state index in [4.69, 9.17) is 16.3 Å². The predicted molar refractivity (Wildman–Crippen MR) is 165 cm³/mol. The molecule has 3 aromatic carbocycles. The van der Waals surface area contributed by atoms with Crippen molar-refractivity contribution in [3.8, 4) is 11.8 Å². The normalized spacial score (nSPS) is 12.3. The van der Waals surface area contributed by atoms with Crippen molar-refractivity contribution in [2.24, 2.45) is 0 Å². The van der Waals surface area contributed by atoms with Crippen LogP contribution in [0.25, 0.3) is 0 Å². The molecule has 0 bridgehead atoms. The van der Waals surface area contributed by atoms with Crippen LogP contribution in [0.2, 0.25) is 5.02 Å². The molecule has 0 spiro atoms. The highest BCUT2D eigenvalue weighted by Crippen LogP contribution is 2.37. The number of rotatable bonds is 6. The Morgan fingerprint density at radius 1 is 1.04 bits per heavy atom. The molecular weight excluding hydrogens is 606 g/mol. The third-order valence-electron chi connectivity index (χ3n) is 7.03. The van der Waals surface area contributed by atoms with Gasteiger partial charge in [-0.2, -0.15) is 19.1 Å². The third-order valence-corrected chi connectivity index (χ3v) is 7.28. The third kappa shape index (κ3) is 7.11. The fourth-order valence-corrected chi connectivity index (χ4v) is 4.48. The van der Waals surface area contributed by atoms with Gasteiger partial charge >= 0.3 is 0 Å². The van der Waals surface area contributed by atoms with E-state index in [9.17, 15) is 19.6 Å². The molecule has 0 saturated heterocycles. The van der Waals surface area contributed by atoms with Gasteiger partial charge in [-0.25, -0.2) is 0 Å². The number of hydrogen-bond acceptors (Lipinski definition) is 6. The summed E-state index contributed by atoms with van der Waals surface area (Å²) in [5, 5.41) is 16.5. The van der Waals surface area contributed by atoms with Crippen LogP contribution in [0, 0.1) is 11.3 Å². The molecule has 0 radical (unpaired) electrons. The van der Waals surface area contributed by atoms with Crippen molar-refractivity contribution in [3.63, 3.8) is 0 Å². The molecule has 3 amide bonds. The number of fused-ring (bicyclic) bond motifs is 1. The van der Waals surface area contributed by atoms with Gasteiger partial charge in [0.05, 0.1) is 31.1 Å². The number of benzene rings is 3. The number of methoxy groups -OCH3 is 1. The summed E-state index contributed by atoms with van der Waals surface area (Å²) in [4.78, 5) is 39.4. The van der Waals surface area contributed by atoms with Gasteiger partial charge in [-0.1, -0.05) is 35.9 Å². The number of carbonyl (C=O) groups is 3. The van der Waals surface area contributed by atoms with E-state index in [1.165, 1.54) is 101 Å². The first-order chi connectivity index (χ1) is 21.4. The summed E-state index contributed by atoms with van der Waals surface area (Å²) >= 11 is 5.82. The molecule has 45 heavy (non-hydrogen) atoms. The van der Waals surface area contributed by atoms with Gasteiger partial charge in [0, 0.05) is 55.0 Å². The van der Waals surface area contributed by atoms with Gasteiger partial charge in [-0.15, -0.1) is 0 Å². The maximum Gasteiger partial charge on any atom is 0.298 e. The van der Waals surface area contributed by atoms with Crippen LogP contribution in [0.4, 0.5) is 20.2 Å². The first-order valence-electron chi connectivity index (χ1n) is 13.6. The Kier molecular flexibility index (Phi) is 9.84. The molecule has 0 unspecified atom stereocenters. The largest absolute Gasteiger partial charge is 0.495 e. The Morgan fingerprint density at radius 3 is 2.20 bits per heavy atom. The minimum atomic E-state index is -3.25. The number of nitrogens with one attached hydrogen (secondary N) is 1. The van der Waals surface area contributed by atoms with Crippen LogP contribution in [-0.2, 0) is 17.3 Å². The minimum absolute atomic E-state index is 0.0926. The Hall–Kier alpha value is -5.28. The summed E-state index contributed by atoms with van der Waals surface area (Å²) in [6.07, 6.45) is 1.37. The summed E-state index contributed by atoms with van der Waals surface area (Å²) < 4.78 is 36.6. The predicted octanol–water partition coefficient (Wildman–Crippen LogP) is 5.56. The molecule has 5 rings (SSSR count). The van der Waals surface area contributed by atoms with E-state index in [1.807, 2.05) is 6.07 Å². The zero-order chi connectivity index (χ0) is 32.9. The lowest BCUT2D eigenvalue weighted by atomic mass is 10.00. The molecule has 0 aliphatic carbocycles. The highest BCUT2D eigenvalue weighted by atomic mass is 35.5. The Labute approximate surface area is 263 Å². The quantitative estimate of drug-likeness (QED) is 0.296. The lowest BCUT2D eigenvalue weighted by Crippen LogP contribution is -2.41. The van der Waals surface area contributed by atoms with Crippen molar-refractivity contribution in [1.29, 1.82) is 5.26 Å². The highest BCUT2D eigenvalue weighted by molar-refractivity contribution is 6.30. The first-order valence-corrected chi connectivity index (χ1v) is 13.9. The SMILES string of the molecule is CC(=O)N(C)C.COc1ccc(C(=O)Nc2cnn3c2C(=O)N(c2ccc(C(F)(F)c4ccc(Cl)cc4)cc2)CC3)cc1C#N. The molecule has 13 heteroatoms. The fourth-order valence-electron chi connectivity index (χ4n) is 4.35. The van der Waals surface area contributed by atoms with Gasteiger partial charge in [0.15, 0.2) is 0 Å². The van der Waals surface area contributed by atoms with Crippen molar-refractivity contribution in [3.05, 3.63) is 106 Å². The second-order valence-corrected chi connectivity index (χ2v) is 10.5. The number of carbonyl (C=O) groups excluding carboxylic acids is 3. The zero-order valence-electron chi connectivity index (χ0n) is 24.8. The van der Waals surface area contributed by atoms with Crippen LogP contribution >= 0.6 is 11.6 Å². The van der Waals surface area contributed by atoms with Crippen LogP contribution in [0.3, 0.4) is 0 Å². The number of hydrogen-bond donors (Lipinski definition) is 1. The standard InChI is InChI=1S/C28H20ClF2N5O3.C4H9NO/c1-39-24-11-2-17(14-18(24)15-32)26(37)34-23-16-33-36-13-12-35(27(38)25(23)36)22-9-5-20(6-10-22)28(30,31)19-3-7-21(29)8-4-19;1-4(6)5(2)3/h2-11,14,16H,12-13H2,1H3,(H,34,37);1-3H3. The number of amides is 3. The summed E-state index contributed by atoms with van der Waals surface area (Å²) in [6.45, 7) is 2.12. The van der Waals surface area contributed by atoms with Crippen molar-refractivity contribution in [2.75, 3.05) is 38.0 Å². The second-order valence-electron chi connectivity index (χ2n) is 10.1. The molecule has 0 atom stereocenters. The maximum absolute atomic E-state index is 15.0. The molecule has 1 aliphatic rings. The smallest absolute Gasteiger partial charge is 0.298 e. The number of ether oxygens (including phenoxy) is 1. The minimum Gasteiger partial charge on any atom is -0.495 e. The number of nitrogens with zero attached hydrogens (tertiary/aromatic N) is 5. The van der Waals surface area contributed by atoms with Crippen LogP contribution in [0.1, 0.15) is 44.5 Å². The fraction of sp³-hybridized carbons (Fsp3) is 0.219. The van der Waals surface area contributed by atoms with E-state index in [-0.39, 0.29) is 46.1 Å². The number of alkyl halides is 2. The van der Waals surface area contributed by atoms with Gasteiger partial charge in [0.25, 0.3) is 17.7 Å². The lowest BCUT2D eigenvalue weighted by molar-refractivity contribution is -0.126. The van der Waals surface area contributed by atoms with Gasteiger partial charge in [0.2, 0.25) is 5.91 Å². The molecule has 1 N–H and O–H groups in total. The summed E-state index contributed by atoms with van der Waals surface area (Å²) in [5.41, 5.74) is 0.728. The molecule has 232 valence electrons. The molecule has 1 aliphatic heterocycles. The zero-order valence-corrected chi connectivity index (χ0v) is 25.6. The van der Waals surface area contributed by atoms with Crippen LogP contribution in [0.5, 0.6) is 5.75 Å². The molecule has 2 heterocycles. The van der Waals surface area contributed by atoms with Gasteiger partial charge in [0.1, 0.15) is 17.5 Å². The van der Waals surface area contributed by atoms with Gasteiger partial charge < -0.3 is 19.9 Å². The van der Waals surface area contributed by atoms with Crippen molar-refractivity contribution in [1.82, 2.24) is 14.7 Å². The number of nitriles is 1. The number of aromatic nitrogens is 2. The molecular formula is C32H29ClF2N6O4. The first kappa shape index (κ1) is 32.6. The molecule has 1 aromatic heterocycles. The second kappa shape index (κ2) is 13.6. The van der Waals surface area contributed by atoms with E-state index >= 15 is 8.78 Å². The van der Waals surface area contributed by atoms with Crippen molar-refractivity contribution in [2.45, 2.75) is 19.4 Å². The van der Waals surface area contributed by atoms with Gasteiger partial charge in [-0.3, -0.25) is 19.1 Å². The van der Waals surface area contributed by atoms with E-state index in [1.54, 1.807) is 14.1 Å². The van der Waals surface area contributed by atoms with Crippen LogP contribution < -0.4 is 15.0 Å². The Balaban J connectivity index is 0.000000700. The van der Waals surface area contributed by atoms with Crippen LogP contribution in [-0.4, -0.2) is 60.2 Å². The van der Waals surface area contributed by atoms with E-state index in [0.29, 0.717) is 23.0 Å². The van der Waals surface area contributed by atoms with E-state index in [2.05, 4.69) is 10.4 Å². The monoisotopic (exact) mass is 634 g/mol. The molecule has 0 fully saturated rings. The number of halogens is 3. The van der Waals surface area contributed by atoms with E-state index < -0.39 is 17.7 Å². The van der Waals surface area contributed by atoms with Crippen LogP contribution in [0.15, 0.2) is 72.9 Å². The van der Waals surface area contributed by atoms with Crippen molar-refractivity contribution >= 4 is 40.7 Å². The Morgan fingerprint density at radius 2 is 1.64 bits per heavy atom. The molecule has 0 saturated carbocycles. The average molecular weight is 635 g/mol. The topological polar surface area (TPSA) is 121 Å². The van der Waals surface area contributed by atoms with Crippen molar-refractivity contribution < 1.29 is 27.9 Å². The van der Waals surface area contributed by atoms with E-state index in [0.717, 1.165) is 0 Å². The molecule has 10 nitrogen and oxygen atoms in total. The molecule has 4 aromatic rings. The highest BCUT2D eigenvalue weighted by Gasteiger charge is 2.35. The number of anilines is 2. The summed E-state index contributed by atoms with van der Waals surface area (Å²) in [6, 6.07) is 17.2. The van der Waals surface area contributed by atoms with Gasteiger partial charge in [-0.05, 0) is 42.5 Å². The summed E-state index contributed by atoms with van der Waals surface area (Å²) in [7, 11) is 4.87. The summed E-state index contributed by atoms with van der Waals surface area (Å²) in [5.74, 6) is -3.81. The maximum atomic E-state index is 15.0. The lowest BCUT2D eigenvalue weighted by Gasteiger charge is -2.28. The Bertz CT molecular complexity index is 1770.